The van der Waals surface area contributed by atoms with Crippen molar-refractivity contribution in [1.82, 2.24) is 10.2 Å². The normalized spacial score (nSPS) is 12.4. The largest absolute Gasteiger partial charge is 0.348 e. The Morgan fingerprint density at radius 3 is 2.52 bits per heavy atom. The van der Waals surface area contributed by atoms with E-state index >= 15 is 0 Å². The smallest absolute Gasteiger partial charge is 0.208 e. The molecular weight excluding hydrogens is 337 g/mol. The zero-order valence-electron chi connectivity index (χ0n) is 13.6. The minimum atomic E-state index is -3.19. The monoisotopic (exact) mass is 357 g/mol. The highest BCUT2D eigenvalue weighted by Gasteiger charge is 2.32. The summed E-state index contributed by atoms with van der Waals surface area (Å²) in [6.07, 6.45) is 1.60. The van der Waals surface area contributed by atoms with Crippen molar-refractivity contribution in [2.45, 2.75) is 25.0 Å². The molecule has 0 radical (unpaired) electrons. The molecule has 5 nitrogen and oxygen atoms in total. The number of hydrogen-bond donors (Lipinski definition) is 0. The standard InChI is InChI=1S/C15H20FN3O2S2/c1-15(2,23(4,20)21)10-19(3)14-18-17-13(22-14)9-11-7-5-6-8-12(11)16/h5-8H,9-10H2,1-4H3. The van der Waals surface area contributed by atoms with Gasteiger partial charge in [-0.25, -0.2) is 12.8 Å². The van der Waals surface area contributed by atoms with E-state index in [1.54, 1.807) is 44.0 Å². The van der Waals surface area contributed by atoms with Crippen molar-refractivity contribution < 1.29 is 12.8 Å². The Kier molecular flexibility index (Phi) is 5.05. The second-order valence-corrected chi connectivity index (χ2v) is 9.82. The molecule has 0 N–H and O–H groups in total. The van der Waals surface area contributed by atoms with Gasteiger partial charge in [0.15, 0.2) is 9.84 Å². The molecule has 1 aromatic carbocycles. The Bertz CT molecular complexity index is 788. The third-order valence-electron chi connectivity index (χ3n) is 3.70. The van der Waals surface area contributed by atoms with Crippen molar-refractivity contribution in [3.05, 3.63) is 40.7 Å². The van der Waals surface area contributed by atoms with Gasteiger partial charge in [-0.15, -0.1) is 10.2 Å². The number of hydrogen-bond acceptors (Lipinski definition) is 6. The van der Waals surface area contributed by atoms with Gasteiger partial charge in [-0.2, -0.15) is 0 Å². The maximum absolute atomic E-state index is 13.7. The Morgan fingerprint density at radius 2 is 1.91 bits per heavy atom. The van der Waals surface area contributed by atoms with Gasteiger partial charge in [0.1, 0.15) is 10.8 Å². The summed E-state index contributed by atoms with van der Waals surface area (Å²) < 4.78 is 36.4. The Labute approximate surface area is 140 Å². The highest BCUT2D eigenvalue weighted by molar-refractivity contribution is 7.92. The summed E-state index contributed by atoms with van der Waals surface area (Å²) >= 11 is 1.34. The summed E-state index contributed by atoms with van der Waals surface area (Å²) in [5.74, 6) is -0.268. The molecule has 0 aliphatic carbocycles. The lowest BCUT2D eigenvalue weighted by molar-refractivity contribution is 0.550. The van der Waals surface area contributed by atoms with E-state index in [1.807, 2.05) is 0 Å². The maximum Gasteiger partial charge on any atom is 0.208 e. The Morgan fingerprint density at radius 1 is 1.26 bits per heavy atom. The fourth-order valence-corrected chi connectivity index (χ4v) is 3.28. The Balaban J connectivity index is 2.12. The SMILES string of the molecule is CN(CC(C)(C)S(C)(=O)=O)c1nnc(Cc2ccccc2F)s1. The van der Waals surface area contributed by atoms with Crippen LogP contribution >= 0.6 is 11.3 Å². The molecule has 2 aromatic rings. The number of nitrogens with zero attached hydrogens (tertiary/aromatic N) is 3. The van der Waals surface area contributed by atoms with Crippen molar-refractivity contribution in [3.8, 4) is 0 Å². The van der Waals surface area contributed by atoms with E-state index < -0.39 is 14.6 Å². The lowest BCUT2D eigenvalue weighted by Gasteiger charge is -2.28. The molecule has 0 unspecified atom stereocenters. The second kappa shape index (κ2) is 6.52. The fourth-order valence-electron chi connectivity index (χ4n) is 2.03. The number of rotatable bonds is 6. The molecule has 8 heteroatoms. The van der Waals surface area contributed by atoms with E-state index in [9.17, 15) is 12.8 Å². The van der Waals surface area contributed by atoms with Gasteiger partial charge in [0.25, 0.3) is 0 Å². The molecule has 23 heavy (non-hydrogen) atoms. The molecule has 0 fully saturated rings. The fraction of sp³-hybridized carbons (Fsp3) is 0.467. The van der Waals surface area contributed by atoms with Gasteiger partial charge in [0.2, 0.25) is 5.13 Å². The van der Waals surface area contributed by atoms with Crippen LogP contribution in [0.1, 0.15) is 24.4 Å². The predicted molar refractivity (Wildman–Crippen MR) is 91.3 cm³/mol. The van der Waals surface area contributed by atoms with Crippen LogP contribution in [0.2, 0.25) is 0 Å². The lowest BCUT2D eigenvalue weighted by Crippen LogP contribution is -2.42. The average Bonchev–Trinajstić information content (AvgIpc) is 2.88. The lowest BCUT2D eigenvalue weighted by atomic mass is 10.1. The number of anilines is 1. The molecule has 0 amide bonds. The van der Waals surface area contributed by atoms with Crippen molar-refractivity contribution in [2.24, 2.45) is 0 Å². The highest BCUT2D eigenvalue weighted by Crippen LogP contribution is 2.25. The average molecular weight is 357 g/mol. The van der Waals surface area contributed by atoms with E-state index in [0.717, 1.165) is 0 Å². The van der Waals surface area contributed by atoms with Gasteiger partial charge in [-0.05, 0) is 25.5 Å². The molecule has 0 saturated heterocycles. The Hall–Kier alpha value is -1.54. The first-order valence-electron chi connectivity index (χ1n) is 7.07. The molecule has 0 spiro atoms. The first-order chi connectivity index (χ1) is 10.6. The summed E-state index contributed by atoms with van der Waals surface area (Å²) in [5.41, 5.74) is 0.564. The van der Waals surface area contributed by atoms with Crippen LogP contribution < -0.4 is 4.90 Å². The van der Waals surface area contributed by atoms with E-state index in [4.69, 9.17) is 0 Å². The molecule has 0 atom stereocenters. The number of aromatic nitrogens is 2. The molecular formula is C15H20FN3O2S2. The molecule has 0 aliphatic rings. The van der Waals surface area contributed by atoms with Crippen LogP contribution in [0, 0.1) is 5.82 Å². The molecule has 0 bridgehead atoms. The predicted octanol–water partition coefficient (Wildman–Crippen LogP) is 2.53. The third kappa shape index (κ3) is 4.26. The zero-order chi connectivity index (χ0) is 17.3. The number of sulfone groups is 1. The van der Waals surface area contributed by atoms with Crippen LogP contribution in [0.5, 0.6) is 0 Å². The summed E-state index contributed by atoms with van der Waals surface area (Å²) in [7, 11) is -1.41. The maximum atomic E-state index is 13.7. The van der Waals surface area contributed by atoms with Crippen molar-refractivity contribution in [3.63, 3.8) is 0 Å². The van der Waals surface area contributed by atoms with E-state index in [0.29, 0.717) is 28.7 Å². The molecule has 126 valence electrons. The van der Waals surface area contributed by atoms with Crippen LogP contribution in [-0.4, -0.2) is 43.2 Å². The van der Waals surface area contributed by atoms with Crippen molar-refractivity contribution in [1.29, 1.82) is 0 Å². The summed E-state index contributed by atoms with van der Waals surface area (Å²) in [4.78, 5) is 1.77. The molecule has 0 aliphatic heterocycles. The molecule has 2 rings (SSSR count). The number of halogens is 1. The molecule has 1 heterocycles. The topological polar surface area (TPSA) is 63.2 Å². The van der Waals surface area contributed by atoms with E-state index in [2.05, 4.69) is 10.2 Å². The van der Waals surface area contributed by atoms with Crippen molar-refractivity contribution in [2.75, 3.05) is 24.7 Å². The van der Waals surface area contributed by atoms with Gasteiger partial charge in [0, 0.05) is 26.3 Å². The quantitative estimate of drug-likeness (QED) is 0.795. The first-order valence-corrected chi connectivity index (χ1v) is 9.77. The highest BCUT2D eigenvalue weighted by atomic mass is 32.2. The van der Waals surface area contributed by atoms with Gasteiger partial charge in [-0.3, -0.25) is 0 Å². The van der Waals surface area contributed by atoms with E-state index in [-0.39, 0.29) is 5.82 Å². The van der Waals surface area contributed by atoms with Gasteiger partial charge < -0.3 is 4.90 Å². The number of benzene rings is 1. The van der Waals surface area contributed by atoms with Gasteiger partial charge in [-0.1, -0.05) is 29.5 Å². The summed E-state index contributed by atoms with van der Waals surface area (Å²) in [6, 6.07) is 6.55. The van der Waals surface area contributed by atoms with Crippen LogP contribution in [0.25, 0.3) is 0 Å². The van der Waals surface area contributed by atoms with Crippen LogP contribution in [-0.2, 0) is 16.3 Å². The van der Waals surface area contributed by atoms with Crippen LogP contribution in [0.4, 0.5) is 9.52 Å². The minimum Gasteiger partial charge on any atom is -0.348 e. The van der Waals surface area contributed by atoms with Gasteiger partial charge in [0.05, 0.1) is 4.75 Å². The van der Waals surface area contributed by atoms with Gasteiger partial charge >= 0.3 is 0 Å². The molecule has 0 saturated carbocycles. The zero-order valence-corrected chi connectivity index (χ0v) is 15.2. The minimum absolute atomic E-state index is 0.268. The first kappa shape index (κ1) is 17.8. The third-order valence-corrected chi connectivity index (χ3v) is 6.88. The van der Waals surface area contributed by atoms with Crippen LogP contribution in [0.15, 0.2) is 24.3 Å². The second-order valence-electron chi connectivity index (χ2n) is 6.13. The summed E-state index contributed by atoms with van der Waals surface area (Å²) in [6.45, 7) is 3.67. The van der Waals surface area contributed by atoms with Crippen LogP contribution in [0.3, 0.4) is 0 Å². The summed E-state index contributed by atoms with van der Waals surface area (Å²) in [5, 5.41) is 9.47. The van der Waals surface area contributed by atoms with Crippen molar-refractivity contribution >= 4 is 26.3 Å². The van der Waals surface area contributed by atoms with E-state index in [1.165, 1.54) is 23.7 Å². The molecule has 1 aromatic heterocycles.